The summed E-state index contributed by atoms with van der Waals surface area (Å²) in [6, 6.07) is 13.5. The number of aryl methyl sites for hydroxylation is 4. The number of aromatic nitrogens is 5. The van der Waals surface area contributed by atoms with Gasteiger partial charge in [0.15, 0.2) is 0 Å². The molecule has 0 bridgehead atoms. The zero-order chi connectivity index (χ0) is 20.5. The Kier molecular flexibility index (Phi) is 4.88. The summed E-state index contributed by atoms with van der Waals surface area (Å²) in [5.74, 6) is -0.0436. The van der Waals surface area contributed by atoms with Gasteiger partial charge in [0.25, 0.3) is 5.91 Å². The lowest BCUT2D eigenvalue weighted by molar-refractivity contribution is 0.0723. The number of carbonyl (C=O) groups excluding carboxylic acids is 1. The largest absolute Gasteiger partial charge is 0.327 e. The third kappa shape index (κ3) is 3.89. The van der Waals surface area contributed by atoms with Crippen LogP contribution in [0, 0.1) is 13.8 Å². The molecular formula is C22H24N6O. The van der Waals surface area contributed by atoms with Crippen LogP contribution >= 0.6 is 0 Å². The van der Waals surface area contributed by atoms with Crippen LogP contribution in [0.25, 0.3) is 10.9 Å². The Labute approximate surface area is 169 Å². The molecule has 148 valence electrons. The minimum absolute atomic E-state index is 0.0436. The lowest BCUT2D eigenvalue weighted by Crippen LogP contribution is -2.31. The summed E-state index contributed by atoms with van der Waals surface area (Å²) in [5, 5.41) is 9.90. The van der Waals surface area contributed by atoms with Crippen molar-refractivity contribution in [3.63, 3.8) is 0 Å². The smallest absolute Gasteiger partial charge is 0.254 e. The van der Waals surface area contributed by atoms with E-state index in [0.717, 1.165) is 33.7 Å². The van der Waals surface area contributed by atoms with E-state index in [2.05, 4.69) is 15.2 Å². The van der Waals surface area contributed by atoms with E-state index >= 15 is 0 Å². The number of amides is 1. The number of hydrogen-bond acceptors (Lipinski definition) is 4. The lowest BCUT2D eigenvalue weighted by atomic mass is 10.1. The molecule has 3 heterocycles. The van der Waals surface area contributed by atoms with Crippen LogP contribution in [0.2, 0.25) is 0 Å². The molecule has 3 aromatic heterocycles. The predicted molar refractivity (Wildman–Crippen MR) is 111 cm³/mol. The molecule has 29 heavy (non-hydrogen) atoms. The quantitative estimate of drug-likeness (QED) is 0.527. The molecular weight excluding hydrogens is 364 g/mol. The summed E-state index contributed by atoms with van der Waals surface area (Å²) < 4.78 is 3.65. The molecule has 0 aliphatic carbocycles. The Bertz CT molecular complexity index is 1170. The zero-order valence-electron chi connectivity index (χ0n) is 17.1. The number of pyridine rings is 1. The summed E-state index contributed by atoms with van der Waals surface area (Å²) in [6.45, 7) is 4.84. The number of benzene rings is 1. The van der Waals surface area contributed by atoms with Gasteiger partial charge in [-0.2, -0.15) is 10.2 Å². The Morgan fingerprint density at radius 1 is 1.00 bits per heavy atom. The summed E-state index contributed by atoms with van der Waals surface area (Å²) in [5.41, 5.74) is 5.34. The summed E-state index contributed by atoms with van der Waals surface area (Å²) >= 11 is 0. The maximum Gasteiger partial charge on any atom is 0.254 e. The molecule has 0 atom stereocenters. The van der Waals surface area contributed by atoms with Gasteiger partial charge in [-0.15, -0.1) is 0 Å². The highest BCUT2D eigenvalue weighted by Crippen LogP contribution is 2.18. The van der Waals surface area contributed by atoms with Crippen molar-refractivity contribution in [3.8, 4) is 0 Å². The second-order valence-electron chi connectivity index (χ2n) is 7.37. The molecule has 0 radical (unpaired) electrons. The van der Waals surface area contributed by atoms with Gasteiger partial charge < -0.3 is 4.90 Å². The van der Waals surface area contributed by atoms with E-state index in [1.807, 2.05) is 84.7 Å². The number of carbonyl (C=O) groups is 1. The van der Waals surface area contributed by atoms with Gasteiger partial charge in [-0.25, -0.2) is 0 Å². The summed E-state index contributed by atoms with van der Waals surface area (Å²) in [7, 11) is 3.81. The first kappa shape index (κ1) is 18.9. The van der Waals surface area contributed by atoms with Crippen LogP contribution in [0.1, 0.15) is 33.1 Å². The standard InChI is InChI=1S/C22H24N6O/c1-15-10-20(27(4)24-15)14-28(13-19-11-16(2)26(3)25-19)22(29)18-7-8-21-17(12-18)6-5-9-23-21/h5-12H,13-14H2,1-4H3. The molecule has 1 aromatic carbocycles. The van der Waals surface area contributed by atoms with Crippen molar-refractivity contribution >= 4 is 16.8 Å². The van der Waals surface area contributed by atoms with Gasteiger partial charge >= 0.3 is 0 Å². The number of rotatable bonds is 5. The number of fused-ring (bicyclic) bond motifs is 1. The maximum atomic E-state index is 13.4. The van der Waals surface area contributed by atoms with Gasteiger partial charge in [-0.3, -0.25) is 19.1 Å². The highest BCUT2D eigenvalue weighted by atomic mass is 16.2. The average molecular weight is 388 g/mol. The summed E-state index contributed by atoms with van der Waals surface area (Å²) in [6.07, 6.45) is 1.75. The van der Waals surface area contributed by atoms with E-state index in [0.29, 0.717) is 18.7 Å². The molecule has 0 spiro atoms. The molecule has 7 heteroatoms. The molecule has 0 aliphatic heterocycles. The van der Waals surface area contributed by atoms with Crippen molar-refractivity contribution in [3.05, 3.63) is 77.0 Å². The molecule has 4 aromatic rings. The number of nitrogens with zero attached hydrogens (tertiary/aromatic N) is 6. The Morgan fingerprint density at radius 2 is 1.83 bits per heavy atom. The second-order valence-corrected chi connectivity index (χ2v) is 7.37. The predicted octanol–water partition coefficient (Wildman–Crippen LogP) is 3.16. The van der Waals surface area contributed by atoms with Gasteiger partial charge in [0.05, 0.1) is 35.7 Å². The fraction of sp³-hybridized carbons (Fsp3) is 0.273. The van der Waals surface area contributed by atoms with Gasteiger partial charge in [0, 0.05) is 36.9 Å². The highest BCUT2D eigenvalue weighted by molar-refractivity contribution is 5.97. The molecule has 7 nitrogen and oxygen atoms in total. The molecule has 0 unspecified atom stereocenters. The fourth-order valence-corrected chi connectivity index (χ4v) is 3.51. The van der Waals surface area contributed by atoms with Crippen molar-refractivity contribution in [2.24, 2.45) is 14.1 Å². The molecule has 0 saturated heterocycles. The van der Waals surface area contributed by atoms with Gasteiger partial charge in [0.1, 0.15) is 0 Å². The Morgan fingerprint density at radius 3 is 2.52 bits per heavy atom. The van der Waals surface area contributed by atoms with Crippen molar-refractivity contribution in [2.45, 2.75) is 26.9 Å². The highest BCUT2D eigenvalue weighted by Gasteiger charge is 2.20. The van der Waals surface area contributed by atoms with Crippen LogP contribution in [-0.4, -0.2) is 35.4 Å². The minimum Gasteiger partial charge on any atom is -0.327 e. The van der Waals surface area contributed by atoms with Crippen molar-refractivity contribution in [1.29, 1.82) is 0 Å². The maximum absolute atomic E-state index is 13.4. The monoisotopic (exact) mass is 388 g/mol. The first-order valence-corrected chi connectivity index (χ1v) is 9.54. The molecule has 0 aliphatic rings. The Hall–Kier alpha value is -3.48. The van der Waals surface area contributed by atoms with Crippen LogP contribution < -0.4 is 0 Å². The van der Waals surface area contributed by atoms with Crippen LogP contribution in [0.4, 0.5) is 0 Å². The van der Waals surface area contributed by atoms with E-state index in [-0.39, 0.29) is 5.91 Å². The van der Waals surface area contributed by atoms with E-state index in [1.54, 1.807) is 6.20 Å². The van der Waals surface area contributed by atoms with Crippen molar-refractivity contribution in [2.75, 3.05) is 0 Å². The van der Waals surface area contributed by atoms with Gasteiger partial charge in [0.2, 0.25) is 0 Å². The van der Waals surface area contributed by atoms with Crippen LogP contribution in [0.5, 0.6) is 0 Å². The summed E-state index contributed by atoms with van der Waals surface area (Å²) in [4.78, 5) is 19.6. The van der Waals surface area contributed by atoms with Crippen LogP contribution in [-0.2, 0) is 27.2 Å². The average Bonchev–Trinajstić information content (AvgIpc) is 3.19. The molecule has 4 rings (SSSR count). The SMILES string of the molecule is Cc1cc(CN(Cc2cc(C)n(C)n2)C(=O)c2ccc3ncccc3c2)n(C)n1. The van der Waals surface area contributed by atoms with Gasteiger partial charge in [-0.05, 0) is 50.2 Å². The lowest BCUT2D eigenvalue weighted by Gasteiger charge is -2.22. The third-order valence-corrected chi connectivity index (χ3v) is 5.11. The molecule has 0 fully saturated rings. The van der Waals surface area contributed by atoms with E-state index < -0.39 is 0 Å². The first-order chi connectivity index (χ1) is 13.9. The van der Waals surface area contributed by atoms with Crippen molar-refractivity contribution in [1.82, 2.24) is 29.4 Å². The normalized spacial score (nSPS) is 11.2. The minimum atomic E-state index is -0.0436. The second kappa shape index (κ2) is 7.50. The Balaban J connectivity index is 1.68. The third-order valence-electron chi connectivity index (χ3n) is 5.11. The van der Waals surface area contributed by atoms with E-state index in [4.69, 9.17) is 0 Å². The van der Waals surface area contributed by atoms with E-state index in [1.165, 1.54) is 0 Å². The first-order valence-electron chi connectivity index (χ1n) is 9.54. The molecule has 0 N–H and O–H groups in total. The number of hydrogen-bond donors (Lipinski definition) is 0. The molecule has 0 saturated carbocycles. The fourth-order valence-electron chi connectivity index (χ4n) is 3.51. The van der Waals surface area contributed by atoms with E-state index in [9.17, 15) is 4.79 Å². The van der Waals surface area contributed by atoms with Gasteiger partial charge in [-0.1, -0.05) is 6.07 Å². The topological polar surface area (TPSA) is 68.8 Å². The van der Waals surface area contributed by atoms with Crippen molar-refractivity contribution < 1.29 is 4.79 Å². The van der Waals surface area contributed by atoms with Crippen LogP contribution in [0.15, 0.2) is 48.7 Å². The molecule has 1 amide bonds. The zero-order valence-corrected chi connectivity index (χ0v) is 17.1. The van der Waals surface area contributed by atoms with Crippen LogP contribution in [0.3, 0.4) is 0 Å².